The highest BCUT2D eigenvalue weighted by Gasteiger charge is 2.26. The van der Waals surface area contributed by atoms with Gasteiger partial charge in [-0.25, -0.2) is 4.79 Å². The lowest BCUT2D eigenvalue weighted by molar-refractivity contribution is -0.146. The van der Waals surface area contributed by atoms with Crippen LogP contribution in [0.15, 0.2) is 22.7 Å². The Morgan fingerprint density at radius 1 is 1.41 bits per heavy atom. The van der Waals surface area contributed by atoms with Crippen molar-refractivity contribution in [3.63, 3.8) is 0 Å². The van der Waals surface area contributed by atoms with Crippen molar-refractivity contribution in [2.45, 2.75) is 26.3 Å². The molecule has 0 aliphatic rings. The van der Waals surface area contributed by atoms with Gasteiger partial charge in [0.2, 0.25) is 0 Å². The van der Waals surface area contributed by atoms with Crippen LogP contribution >= 0.6 is 27.5 Å². The Kier molecular flexibility index (Phi) is 7.68. The van der Waals surface area contributed by atoms with E-state index in [1.807, 2.05) is 13.8 Å². The van der Waals surface area contributed by atoms with E-state index in [4.69, 9.17) is 21.1 Å². The number of carbonyl (C=O) groups is 2. The maximum atomic E-state index is 11.9. The molecule has 0 unspecified atom stereocenters. The van der Waals surface area contributed by atoms with Gasteiger partial charge in [0.05, 0.1) is 12.1 Å². The van der Waals surface area contributed by atoms with Gasteiger partial charge in [0.1, 0.15) is 11.8 Å². The molecule has 0 aliphatic heterocycles. The second-order valence-corrected chi connectivity index (χ2v) is 6.14. The molecule has 22 heavy (non-hydrogen) atoms. The van der Waals surface area contributed by atoms with Crippen molar-refractivity contribution in [3.05, 3.63) is 27.7 Å². The highest BCUT2D eigenvalue weighted by molar-refractivity contribution is 9.10. The van der Waals surface area contributed by atoms with Gasteiger partial charge in [-0.3, -0.25) is 4.79 Å². The van der Waals surface area contributed by atoms with Crippen LogP contribution < -0.4 is 10.1 Å². The number of benzene rings is 1. The second-order valence-electron chi connectivity index (χ2n) is 4.82. The summed E-state index contributed by atoms with van der Waals surface area (Å²) < 4.78 is 10.9. The Morgan fingerprint density at radius 3 is 2.64 bits per heavy atom. The fourth-order valence-electron chi connectivity index (χ4n) is 1.75. The average molecular weight is 393 g/mol. The van der Waals surface area contributed by atoms with E-state index >= 15 is 0 Å². The predicted molar refractivity (Wildman–Crippen MR) is 88.0 cm³/mol. The summed E-state index contributed by atoms with van der Waals surface area (Å²) in [4.78, 5) is 23.7. The third-order valence-corrected chi connectivity index (χ3v) is 4.03. The smallest absolute Gasteiger partial charge is 0.328 e. The molecule has 7 heteroatoms. The molecule has 0 aliphatic carbocycles. The summed E-state index contributed by atoms with van der Waals surface area (Å²) in [5, 5.41) is 3.03. The first kappa shape index (κ1) is 18.8. The molecule has 1 aromatic rings. The van der Waals surface area contributed by atoms with Gasteiger partial charge in [0, 0.05) is 4.47 Å². The van der Waals surface area contributed by atoms with Gasteiger partial charge in [0.15, 0.2) is 6.61 Å². The largest absolute Gasteiger partial charge is 0.482 e. The highest BCUT2D eigenvalue weighted by Crippen LogP contribution is 2.27. The predicted octanol–water partition coefficient (Wildman–Crippen LogP) is 3.19. The van der Waals surface area contributed by atoms with Crippen molar-refractivity contribution >= 4 is 39.4 Å². The van der Waals surface area contributed by atoms with Gasteiger partial charge in [-0.1, -0.05) is 47.8 Å². The summed E-state index contributed by atoms with van der Waals surface area (Å²) in [5.74, 6) is -0.509. The fourth-order valence-corrected chi connectivity index (χ4v) is 2.47. The molecule has 0 saturated heterocycles. The van der Waals surface area contributed by atoms with Crippen molar-refractivity contribution < 1.29 is 19.1 Å². The Morgan fingerprint density at radius 2 is 2.09 bits per heavy atom. The molecular weight excluding hydrogens is 374 g/mol. The number of amides is 1. The van der Waals surface area contributed by atoms with Crippen molar-refractivity contribution in [2.24, 2.45) is 5.92 Å². The molecule has 0 radical (unpaired) electrons. The molecule has 0 bridgehead atoms. The number of ether oxygens (including phenoxy) is 2. The van der Waals surface area contributed by atoms with Gasteiger partial charge in [-0.15, -0.1) is 0 Å². The standard InChI is InChI=1S/C15H19BrClNO4/c1-4-9(2)14(15(20)21-3)18-13(19)8-22-12-6-5-10(16)7-11(12)17/h5-7,9,14H,4,8H2,1-3H3,(H,18,19)/t9-,14+/m0/s1. The molecule has 122 valence electrons. The molecule has 2 atom stereocenters. The van der Waals surface area contributed by atoms with Crippen molar-refractivity contribution in [3.8, 4) is 5.75 Å². The normalized spacial score (nSPS) is 13.1. The zero-order valence-corrected chi connectivity index (χ0v) is 15.0. The van der Waals surface area contributed by atoms with E-state index in [9.17, 15) is 9.59 Å². The average Bonchev–Trinajstić information content (AvgIpc) is 2.50. The van der Waals surface area contributed by atoms with Crippen LogP contribution in [-0.4, -0.2) is 31.6 Å². The van der Waals surface area contributed by atoms with Crippen LogP contribution in [0.25, 0.3) is 0 Å². The third kappa shape index (κ3) is 5.50. The van der Waals surface area contributed by atoms with Crippen LogP contribution in [0.1, 0.15) is 20.3 Å². The molecule has 1 N–H and O–H groups in total. The van der Waals surface area contributed by atoms with Gasteiger partial charge >= 0.3 is 5.97 Å². The van der Waals surface area contributed by atoms with Crippen molar-refractivity contribution in [1.82, 2.24) is 5.32 Å². The van der Waals surface area contributed by atoms with Crippen LogP contribution in [0, 0.1) is 5.92 Å². The number of hydrogen-bond donors (Lipinski definition) is 1. The molecule has 1 rings (SSSR count). The molecule has 0 spiro atoms. The summed E-state index contributed by atoms with van der Waals surface area (Å²) >= 11 is 9.29. The molecule has 1 amide bonds. The summed E-state index contributed by atoms with van der Waals surface area (Å²) in [6, 6.07) is 4.40. The van der Waals surface area contributed by atoms with Crippen LogP contribution in [0.5, 0.6) is 5.75 Å². The zero-order chi connectivity index (χ0) is 16.7. The molecule has 0 saturated carbocycles. The molecule has 0 fully saturated rings. The first-order valence-corrected chi connectivity index (χ1v) is 8.01. The van der Waals surface area contributed by atoms with E-state index in [2.05, 4.69) is 21.2 Å². The second kappa shape index (κ2) is 9.00. The minimum atomic E-state index is -0.688. The van der Waals surface area contributed by atoms with E-state index in [-0.39, 0.29) is 12.5 Å². The van der Waals surface area contributed by atoms with E-state index in [1.54, 1.807) is 18.2 Å². The van der Waals surface area contributed by atoms with Gasteiger partial charge in [-0.05, 0) is 24.1 Å². The monoisotopic (exact) mass is 391 g/mol. The molecule has 5 nitrogen and oxygen atoms in total. The first-order valence-electron chi connectivity index (χ1n) is 6.84. The molecule has 0 aromatic heterocycles. The van der Waals surface area contributed by atoms with Crippen molar-refractivity contribution in [2.75, 3.05) is 13.7 Å². The van der Waals surface area contributed by atoms with Crippen molar-refractivity contribution in [1.29, 1.82) is 0 Å². The molecular formula is C15H19BrClNO4. The number of halogens is 2. The number of methoxy groups -OCH3 is 1. The van der Waals surface area contributed by atoms with Gasteiger partial charge in [-0.2, -0.15) is 0 Å². The Labute approximate surface area is 143 Å². The fraction of sp³-hybridized carbons (Fsp3) is 0.467. The zero-order valence-electron chi connectivity index (χ0n) is 12.7. The number of rotatable bonds is 7. The lowest BCUT2D eigenvalue weighted by Crippen LogP contribution is -2.47. The molecule has 1 aromatic carbocycles. The highest BCUT2D eigenvalue weighted by atomic mass is 79.9. The number of carbonyl (C=O) groups excluding carboxylic acids is 2. The Hall–Kier alpha value is -1.27. The van der Waals surface area contributed by atoms with Crippen LogP contribution in [0.4, 0.5) is 0 Å². The van der Waals surface area contributed by atoms with Gasteiger partial charge < -0.3 is 14.8 Å². The van der Waals surface area contributed by atoms with E-state index in [0.29, 0.717) is 10.8 Å². The molecule has 0 heterocycles. The number of esters is 1. The number of hydrogen-bond acceptors (Lipinski definition) is 4. The van der Waals surface area contributed by atoms with Crippen LogP contribution in [0.2, 0.25) is 5.02 Å². The lowest BCUT2D eigenvalue weighted by atomic mass is 9.99. The topological polar surface area (TPSA) is 64.6 Å². The lowest BCUT2D eigenvalue weighted by Gasteiger charge is -2.21. The van der Waals surface area contributed by atoms with Gasteiger partial charge in [0.25, 0.3) is 5.91 Å². The van der Waals surface area contributed by atoms with Crippen LogP contribution in [-0.2, 0) is 14.3 Å². The van der Waals surface area contributed by atoms with E-state index in [0.717, 1.165) is 10.9 Å². The summed E-state index contributed by atoms with van der Waals surface area (Å²) in [7, 11) is 1.29. The van der Waals surface area contributed by atoms with Crippen LogP contribution in [0.3, 0.4) is 0 Å². The minimum Gasteiger partial charge on any atom is -0.482 e. The number of nitrogens with one attached hydrogen (secondary N) is 1. The van der Waals surface area contributed by atoms with E-state index < -0.39 is 17.9 Å². The third-order valence-electron chi connectivity index (χ3n) is 3.24. The summed E-state index contributed by atoms with van der Waals surface area (Å²) in [6.45, 7) is 3.57. The summed E-state index contributed by atoms with van der Waals surface area (Å²) in [6.07, 6.45) is 0.736. The SMILES string of the molecule is CC[C@H](C)[C@@H](NC(=O)COc1ccc(Br)cc1Cl)C(=O)OC. The Bertz CT molecular complexity index is 538. The first-order chi connectivity index (χ1) is 10.4. The quantitative estimate of drug-likeness (QED) is 0.724. The Balaban J connectivity index is 2.62. The maximum absolute atomic E-state index is 11.9. The minimum absolute atomic E-state index is 0.0346. The summed E-state index contributed by atoms with van der Waals surface area (Å²) in [5.41, 5.74) is 0. The maximum Gasteiger partial charge on any atom is 0.328 e. The van der Waals surface area contributed by atoms with E-state index in [1.165, 1.54) is 7.11 Å².